The van der Waals surface area contributed by atoms with Crippen LogP contribution in [0.3, 0.4) is 0 Å². The van der Waals surface area contributed by atoms with E-state index < -0.39 is 0 Å². The Morgan fingerprint density at radius 1 is 1.18 bits per heavy atom. The molecule has 0 atom stereocenters. The van der Waals surface area contributed by atoms with Crippen molar-refractivity contribution in [3.63, 3.8) is 0 Å². The smallest absolute Gasteiger partial charge is 0.234 e. The fraction of sp³-hybridized carbons (Fsp3) is 0.286. The fourth-order valence-corrected chi connectivity index (χ4v) is 3.77. The van der Waals surface area contributed by atoms with Gasteiger partial charge in [0.05, 0.1) is 5.75 Å². The van der Waals surface area contributed by atoms with Gasteiger partial charge in [0.1, 0.15) is 5.82 Å². The van der Waals surface area contributed by atoms with Crippen molar-refractivity contribution in [3.05, 3.63) is 59.4 Å². The predicted octanol–water partition coefficient (Wildman–Crippen LogP) is 5.01. The molecule has 0 fully saturated rings. The van der Waals surface area contributed by atoms with E-state index in [1.54, 1.807) is 13.0 Å². The summed E-state index contributed by atoms with van der Waals surface area (Å²) in [5, 5.41) is 12.2. The minimum absolute atomic E-state index is 0.149. The molecule has 1 heterocycles. The fourth-order valence-electron chi connectivity index (χ4n) is 2.91. The first-order valence-corrected chi connectivity index (χ1v) is 10.0. The standard InChI is InChI=1S/C21H23FN4OS/c1-13(2)26-20(16-7-5-6-14(3)10-16)24-25-21(26)28-12-19(27)23-18-9-8-17(22)11-15(18)4/h5-11,13H,12H2,1-4H3,(H,23,27). The molecule has 0 unspecified atom stereocenters. The van der Waals surface area contributed by atoms with E-state index in [0.29, 0.717) is 16.4 Å². The van der Waals surface area contributed by atoms with Crippen molar-refractivity contribution in [3.8, 4) is 11.4 Å². The Balaban J connectivity index is 1.74. The molecule has 2 aromatic carbocycles. The molecule has 1 amide bonds. The van der Waals surface area contributed by atoms with E-state index in [1.807, 2.05) is 29.7 Å². The molecule has 0 radical (unpaired) electrons. The molecule has 7 heteroatoms. The second-order valence-electron chi connectivity index (χ2n) is 6.94. The van der Waals surface area contributed by atoms with Gasteiger partial charge in [-0.25, -0.2) is 4.39 Å². The lowest BCUT2D eigenvalue weighted by Gasteiger charge is -2.14. The van der Waals surface area contributed by atoms with Crippen molar-refractivity contribution in [1.29, 1.82) is 0 Å². The molecule has 0 saturated carbocycles. The number of benzene rings is 2. The Bertz CT molecular complexity index is 1000. The Hall–Kier alpha value is -2.67. The number of carbonyl (C=O) groups excluding carboxylic acids is 1. The zero-order chi connectivity index (χ0) is 20.3. The van der Waals surface area contributed by atoms with Crippen LogP contribution < -0.4 is 5.32 Å². The normalized spacial score (nSPS) is 11.1. The average Bonchev–Trinajstić information content (AvgIpc) is 3.07. The summed E-state index contributed by atoms with van der Waals surface area (Å²) in [5.74, 6) is 0.486. The maximum Gasteiger partial charge on any atom is 0.234 e. The topological polar surface area (TPSA) is 59.8 Å². The van der Waals surface area contributed by atoms with E-state index in [9.17, 15) is 9.18 Å². The van der Waals surface area contributed by atoms with Crippen LogP contribution in [0.15, 0.2) is 47.6 Å². The van der Waals surface area contributed by atoms with Crippen LogP contribution in [0.5, 0.6) is 0 Å². The summed E-state index contributed by atoms with van der Waals surface area (Å²) in [4.78, 5) is 12.3. The van der Waals surface area contributed by atoms with Crippen molar-refractivity contribution in [2.45, 2.75) is 38.9 Å². The number of aryl methyl sites for hydroxylation is 2. The van der Waals surface area contributed by atoms with Gasteiger partial charge in [0.15, 0.2) is 11.0 Å². The van der Waals surface area contributed by atoms with Crippen molar-refractivity contribution in [1.82, 2.24) is 14.8 Å². The molecule has 5 nitrogen and oxygen atoms in total. The van der Waals surface area contributed by atoms with Gasteiger partial charge in [0, 0.05) is 17.3 Å². The number of hydrogen-bond donors (Lipinski definition) is 1. The first-order chi connectivity index (χ1) is 13.3. The van der Waals surface area contributed by atoms with Crippen LogP contribution in [-0.4, -0.2) is 26.4 Å². The van der Waals surface area contributed by atoms with E-state index in [0.717, 1.165) is 17.0 Å². The van der Waals surface area contributed by atoms with E-state index in [4.69, 9.17) is 0 Å². The highest BCUT2D eigenvalue weighted by molar-refractivity contribution is 7.99. The Labute approximate surface area is 168 Å². The second kappa shape index (κ2) is 8.56. The summed E-state index contributed by atoms with van der Waals surface area (Å²) in [6, 6.07) is 12.6. The molecule has 0 spiro atoms. The summed E-state index contributed by atoms with van der Waals surface area (Å²) >= 11 is 1.33. The number of hydrogen-bond acceptors (Lipinski definition) is 4. The van der Waals surface area contributed by atoms with Gasteiger partial charge in [-0.2, -0.15) is 0 Å². The van der Waals surface area contributed by atoms with Gasteiger partial charge >= 0.3 is 0 Å². The zero-order valence-corrected chi connectivity index (χ0v) is 17.2. The molecule has 0 aliphatic carbocycles. The number of carbonyl (C=O) groups is 1. The first-order valence-electron chi connectivity index (χ1n) is 9.06. The van der Waals surface area contributed by atoms with Gasteiger partial charge in [0.2, 0.25) is 5.91 Å². The average molecular weight is 399 g/mol. The quantitative estimate of drug-likeness (QED) is 0.593. The maximum atomic E-state index is 13.2. The number of anilines is 1. The van der Waals surface area contributed by atoms with Crippen LogP contribution >= 0.6 is 11.8 Å². The molecule has 0 aliphatic rings. The van der Waals surface area contributed by atoms with Gasteiger partial charge in [-0.15, -0.1) is 10.2 Å². The third kappa shape index (κ3) is 4.59. The van der Waals surface area contributed by atoms with E-state index >= 15 is 0 Å². The predicted molar refractivity (Wildman–Crippen MR) is 111 cm³/mol. The van der Waals surface area contributed by atoms with Crippen LogP contribution in [0.2, 0.25) is 0 Å². The monoisotopic (exact) mass is 398 g/mol. The molecule has 1 aromatic heterocycles. The lowest BCUT2D eigenvalue weighted by molar-refractivity contribution is -0.113. The van der Waals surface area contributed by atoms with Gasteiger partial charge in [-0.05, 0) is 57.5 Å². The third-order valence-electron chi connectivity index (χ3n) is 4.25. The summed E-state index contributed by atoms with van der Waals surface area (Å²) in [6.07, 6.45) is 0. The van der Waals surface area contributed by atoms with E-state index in [2.05, 4.69) is 35.4 Å². The van der Waals surface area contributed by atoms with E-state index in [-0.39, 0.29) is 23.5 Å². The molecule has 0 bridgehead atoms. The number of rotatable bonds is 6. The third-order valence-corrected chi connectivity index (χ3v) is 5.20. The van der Waals surface area contributed by atoms with Crippen LogP contribution in [0.25, 0.3) is 11.4 Å². The molecule has 146 valence electrons. The number of aromatic nitrogens is 3. The van der Waals surface area contributed by atoms with Crippen molar-refractivity contribution >= 4 is 23.4 Å². The van der Waals surface area contributed by atoms with Gasteiger partial charge in [-0.3, -0.25) is 9.36 Å². The van der Waals surface area contributed by atoms with Crippen LogP contribution in [-0.2, 0) is 4.79 Å². The van der Waals surface area contributed by atoms with Crippen molar-refractivity contribution < 1.29 is 9.18 Å². The molecule has 3 aromatic rings. The van der Waals surface area contributed by atoms with Gasteiger partial charge in [0.25, 0.3) is 0 Å². The number of halogens is 1. The number of amides is 1. The molecule has 1 N–H and O–H groups in total. The molecular formula is C21H23FN4OS. The largest absolute Gasteiger partial charge is 0.325 e. The Kier molecular flexibility index (Phi) is 6.14. The highest BCUT2D eigenvalue weighted by Crippen LogP contribution is 2.28. The van der Waals surface area contributed by atoms with Crippen LogP contribution in [0.4, 0.5) is 10.1 Å². The highest BCUT2D eigenvalue weighted by atomic mass is 32.2. The SMILES string of the molecule is Cc1cccc(-c2nnc(SCC(=O)Nc3ccc(F)cc3C)n2C(C)C)c1. The summed E-state index contributed by atoms with van der Waals surface area (Å²) in [5.41, 5.74) is 3.45. The highest BCUT2D eigenvalue weighted by Gasteiger charge is 2.18. The first kappa shape index (κ1) is 20.1. The summed E-state index contributed by atoms with van der Waals surface area (Å²) in [7, 11) is 0. The van der Waals surface area contributed by atoms with Gasteiger partial charge < -0.3 is 5.32 Å². The Morgan fingerprint density at radius 3 is 2.64 bits per heavy atom. The summed E-state index contributed by atoms with van der Waals surface area (Å²) < 4.78 is 15.2. The minimum Gasteiger partial charge on any atom is -0.325 e. The number of nitrogens with zero attached hydrogens (tertiary/aromatic N) is 3. The maximum absolute atomic E-state index is 13.2. The molecule has 0 saturated heterocycles. The van der Waals surface area contributed by atoms with Crippen LogP contribution in [0.1, 0.15) is 31.0 Å². The minimum atomic E-state index is -0.321. The lowest BCUT2D eigenvalue weighted by atomic mass is 10.1. The Morgan fingerprint density at radius 2 is 1.96 bits per heavy atom. The van der Waals surface area contributed by atoms with E-state index in [1.165, 1.54) is 23.9 Å². The summed E-state index contributed by atoms with van der Waals surface area (Å²) in [6.45, 7) is 7.93. The molecular weight excluding hydrogens is 375 g/mol. The van der Waals surface area contributed by atoms with Crippen molar-refractivity contribution in [2.24, 2.45) is 0 Å². The molecule has 28 heavy (non-hydrogen) atoms. The molecule has 0 aliphatic heterocycles. The number of nitrogens with one attached hydrogen (secondary N) is 1. The lowest BCUT2D eigenvalue weighted by Crippen LogP contribution is -2.15. The van der Waals surface area contributed by atoms with Crippen LogP contribution in [0, 0.1) is 19.7 Å². The molecule has 3 rings (SSSR count). The van der Waals surface area contributed by atoms with Gasteiger partial charge in [-0.1, -0.05) is 35.5 Å². The van der Waals surface area contributed by atoms with Crippen molar-refractivity contribution in [2.75, 3.05) is 11.1 Å². The second-order valence-corrected chi connectivity index (χ2v) is 7.88. The number of thioether (sulfide) groups is 1. The zero-order valence-electron chi connectivity index (χ0n) is 16.4.